The number of carboxylic acid groups (broad SMARTS) is 1. The van der Waals surface area contributed by atoms with Crippen LogP contribution in [0.25, 0.3) is 0 Å². The molecular formula is C13H15NO3. The second kappa shape index (κ2) is 6.69. The summed E-state index contributed by atoms with van der Waals surface area (Å²) >= 11 is 0. The number of benzene rings is 1. The standard InChI is InChI=1S/C13H15NO3/c1-3-8-14-12(13(15)16)11-7-5-4-6-10(11)9-17-2/h1,4-7,12,14H,8-9H2,2H3,(H,15,16). The number of aliphatic carboxylic acids is 1. The first-order chi connectivity index (χ1) is 8.20. The van der Waals surface area contributed by atoms with E-state index in [1.165, 1.54) is 0 Å². The second-order valence-electron chi connectivity index (χ2n) is 3.49. The van der Waals surface area contributed by atoms with Crippen molar-refractivity contribution in [3.63, 3.8) is 0 Å². The molecule has 0 fully saturated rings. The van der Waals surface area contributed by atoms with Gasteiger partial charge < -0.3 is 9.84 Å². The lowest BCUT2D eigenvalue weighted by molar-refractivity contribution is -0.139. The maximum atomic E-state index is 11.2. The highest BCUT2D eigenvalue weighted by atomic mass is 16.5. The van der Waals surface area contributed by atoms with E-state index in [0.29, 0.717) is 12.2 Å². The lowest BCUT2D eigenvalue weighted by atomic mass is 10.0. The Bertz CT molecular complexity index is 423. The minimum Gasteiger partial charge on any atom is -0.480 e. The van der Waals surface area contributed by atoms with Gasteiger partial charge in [0.05, 0.1) is 13.2 Å². The number of hydrogen-bond acceptors (Lipinski definition) is 3. The Balaban J connectivity index is 3.00. The van der Waals surface area contributed by atoms with E-state index in [0.717, 1.165) is 5.56 Å². The van der Waals surface area contributed by atoms with Gasteiger partial charge in [0.15, 0.2) is 0 Å². The Labute approximate surface area is 101 Å². The van der Waals surface area contributed by atoms with Crippen molar-refractivity contribution in [3.8, 4) is 12.3 Å². The number of terminal acetylenes is 1. The highest BCUT2D eigenvalue weighted by Crippen LogP contribution is 2.19. The first-order valence-corrected chi connectivity index (χ1v) is 5.17. The third kappa shape index (κ3) is 3.59. The van der Waals surface area contributed by atoms with E-state index in [9.17, 15) is 9.90 Å². The van der Waals surface area contributed by atoms with Crippen molar-refractivity contribution in [1.29, 1.82) is 0 Å². The van der Waals surface area contributed by atoms with Crippen LogP contribution in [-0.2, 0) is 16.1 Å². The predicted molar refractivity (Wildman–Crippen MR) is 64.4 cm³/mol. The first-order valence-electron chi connectivity index (χ1n) is 5.17. The smallest absolute Gasteiger partial charge is 0.325 e. The van der Waals surface area contributed by atoms with Crippen molar-refractivity contribution < 1.29 is 14.6 Å². The van der Waals surface area contributed by atoms with Crippen molar-refractivity contribution in [3.05, 3.63) is 35.4 Å². The number of hydrogen-bond donors (Lipinski definition) is 2. The molecule has 0 saturated heterocycles. The number of carboxylic acids is 1. The molecule has 4 nitrogen and oxygen atoms in total. The van der Waals surface area contributed by atoms with Crippen LogP contribution >= 0.6 is 0 Å². The molecular weight excluding hydrogens is 218 g/mol. The average Bonchev–Trinajstić information content (AvgIpc) is 2.31. The van der Waals surface area contributed by atoms with E-state index in [1.54, 1.807) is 19.2 Å². The molecule has 1 atom stereocenters. The van der Waals surface area contributed by atoms with Crippen molar-refractivity contribution in [1.82, 2.24) is 5.32 Å². The summed E-state index contributed by atoms with van der Waals surface area (Å²) < 4.78 is 5.04. The number of ether oxygens (including phenoxy) is 1. The fourth-order valence-electron chi connectivity index (χ4n) is 1.59. The molecule has 2 N–H and O–H groups in total. The summed E-state index contributed by atoms with van der Waals surface area (Å²) in [7, 11) is 1.57. The summed E-state index contributed by atoms with van der Waals surface area (Å²) in [6.45, 7) is 0.579. The number of carbonyl (C=O) groups is 1. The van der Waals surface area contributed by atoms with E-state index in [1.807, 2.05) is 12.1 Å². The number of methoxy groups -OCH3 is 1. The Morgan fingerprint density at radius 2 is 2.29 bits per heavy atom. The lowest BCUT2D eigenvalue weighted by Gasteiger charge is -2.16. The van der Waals surface area contributed by atoms with Gasteiger partial charge >= 0.3 is 5.97 Å². The molecule has 1 rings (SSSR count). The quantitative estimate of drug-likeness (QED) is 0.724. The molecule has 1 unspecified atom stereocenters. The molecule has 0 bridgehead atoms. The zero-order valence-corrected chi connectivity index (χ0v) is 9.64. The molecule has 0 amide bonds. The van der Waals surface area contributed by atoms with Gasteiger partial charge in [-0.05, 0) is 11.1 Å². The van der Waals surface area contributed by atoms with Gasteiger partial charge in [0, 0.05) is 7.11 Å². The summed E-state index contributed by atoms with van der Waals surface area (Å²) in [6, 6.07) is 6.43. The molecule has 0 aliphatic heterocycles. The van der Waals surface area contributed by atoms with E-state index >= 15 is 0 Å². The lowest BCUT2D eigenvalue weighted by Crippen LogP contribution is -2.29. The van der Waals surface area contributed by atoms with Crippen LogP contribution in [0.2, 0.25) is 0 Å². The molecule has 90 valence electrons. The van der Waals surface area contributed by atoms with Crippen LogP contribution in [0.1, 0.15) is 17.2 Å². The molecule has 0 heterocycles. The fraction of sp³-hybridized carbons (Fsp3) is 0.308. The van der Waals surface area contributed by atoms with Gasteiger partial charge in [-0.3, -0.25) is 10.1 Å². The van der Waals surface area contributed by atoms with Gasteiger partial charge in [0.1, 0.15) is 6.04 Å². The topological polar surface area (TPSA) is 58.6 Å². The molecule has 0 aromatic heterocycles. The van der Waals surface area contributed by atoms with Crippen LogP contribution in [0.15, 0.2) is 24.3 Å². The van der Waals surface area contributed by atoms with Gasteiger partial charge in [0.2, 0.25) is 0 Å². The Hall–Kier alpha value is -1.83. The Kier molecular flexibility index (Phi) is 5.21. The number of rotatable bonds is 6. The van der Waals surface area contributed by atoms with Crippen LogP contribution in [0.4, 0.5) is 0 Å². The molecule has 1 aromatic carbocycles. The molecule has 17 heavy (non-hydrogen) atoms. The Morgan fingerprint density at radius 3 is 2.88 bits per heavy atom. The molecule has 0 aliphatic carbocycles. The maximum absolute atomic E-state index is 11.2. The van der Waals surface area contributed by atoms with Gasteiger partial charge in [0.25, 0.3) is 0 Å². The molecule has 0 spiro atoms. The van der Waals surface area contributed by atoms with E-state index in [4.69, 9.17) is 11.2 Å². The SMILES string of the molecule is C#CCNC(C(=O)O)c1ccccc1COC. The summed E-state index contributed by atoms with van der Waals surface area (Å²) in [4.78, 5) is 11.2. The van der Waals surface area contributed by atoms with Crippen LogP contribution < -0.4 is 5.32 Å². The monoisotopic (exact) mass is 233 g/mol. The highest BCUT2D eigenvalue weighted by molar-refractivity contribution is 5.76. The van der Waals surface area contributed by atoms with E-state index in [2.05, 4.69) is 11.2 Å². The average molecular weight is 233 g/mol. The van der Waals surface area contributed by atoms with Crippen molar-refractivity contribution >= 4 is 5.97 Å². The molecule has 1 aromatic rings. The zero-order chi connectivity index (χ0) is 12.7. The second-order valence-corrected chi connectivity index (χ2v) is 3.49. The van der Waals surface area contributed by atoms with Crippen LogP contribution in [0.5, 0.6) is 0 Å². The fourth-order valence-corrected chi connectivity index (χ4v) is 1.59. The molecule has 0 saturated carbocycles. The third-order valence-electron chi connectivity index (χ3n) is 2.32. The first kappa shape index (κ1) is 13.2. The minimum absolute atomic E-state index is 0.207. The summed E-state index contributed by atoms with van der Waals surface area (Å²) in [6.07, 6.45) is 5.12. The normalized spacial score (nSPS) is 11.8. The highest BCUT2D eigenvalue weighted by Gasteiger charge is 2.21. The Morgan fingerprint density at radius 1 is 1.59 bits per heavy atom. The van der Waals surface area contributed by atoms with Gasteiger partial charge in [-0.1, -0.05) is 30.2 Å². The molecule has 4 heteroatoms. The van der Waals surface area contributed by atoms with E-state index in [-0.39, 0.29) is 6.54 Å². The maximum Gasteiger partial charge on any atom is 0.325 e. The van der Waals surface area contributed by atoms with E-state index < -0.39 is 12.0 Å². The molecule has 0 radical (unpaired) electrons. The van der Waals surface area contributed by atoms with Crippen LogP contribution in [-0.4, -0.2) is 24.7 Å². The summed E-state index contributed by atoms with van der Waals surface area (Å²) in [5.41, 5.74) is 1.52. The summed E-state index contributed by atoms with van der Waals surface area (Å²) in [5.74, 6) is 1.41. The van der Waals surface area contributed by atoms with Gasteiger partial charge in [-0.15, -0.1) is 6.42 Å². The third-order valence-corrected chi connectivity index (χ3v) is 2.32. The molecule has 0 aliphatic rings. The van der Waals surface area contributed by atoms with Gasteiger partial charge in [-0.25, -0.2) is 0 Å². The predicted octanol–water partition coefficient (Wildman–Crippen LogP) is 1.18. The van der Waals surface area contributed by atoms with Crippen LogP contribution in [0.3, 0.4) is 0 Å². The zero-order valence-electron chi connectivity index (χ0n) is 9.64. The summed E-state index contributed by atoms with van der Waals surface area (Å²) in [5, 5.41) is 12.0. The van der Waals surface area contributed by atoms with Crippen molar-refractivity contribution in [2.75, 3.05) is 13.7 Å². The minimum atomic E-state index is -0.955. The van der Waals surface area contributed by atoms with Crippen molar-refractivity contribution in [2.24, 2.45) is 0 Å². The van der Waals surface area contributed by atoms with Crippen molar-refractivity contribution in [2.45, 2.75) is 12.6 Å². The largest absolute Gasteiger partial charge is 0.480 e. The van der Waals surface area contributed by atoms with Crippen LogP contribution in [0, 0.1) is 12.3 Å². The van der Waals surface area contributed by atoms with Gasteiger partial charge in [-0.2, -0.15) is 0 Å². The number of nitrogens with one attached hydrogen (secondary N) is 1.